The van der Waals surface area contributed by atoms with E-state index < -0.39 is 6.10 Å². The van der Waals surface area contributed by atoms with Crippen LogP contribution in [0.15, 0.2) is 0 Å². The molecule has 150 valence electrons. The molecule has 2 N–H and O–H groups in total. The van der Waals surface area contributed by atoms with Crippen LogP contribution in [0.1, 0.15) is 46.5 Å². The molecule has 2 rings (SSSR count). The molecule has 2 atom stereocenters. The highest BCUT2D eigenvalue weighted by atomic mass is 32.2. The van der Waals surface area contributed by atoms with Crippen molar-refractivity contribution in [3.05, 3.63) is 0 Å². The van der Waals surface area contributed by atoms with Crippen LogP contribution in [0.25, 0.3) is 0 Å². The van der Waals surface area contributed by atoms with Crippen LogP contribution >= 0.6 is 11.8 Å². The Morgan fingerprint density at radius 2 is 2.00 bits per heavy atom. The number of nitrogens with zero attached hydrogens (tertiary/aromatic N) is 2. The standard InChI is InChI=1S/C19H35N3O3S/c1-18(2,3)20-16(24)12-21-10-6-15(23)19(13-21)8-5-9-22(14-19)17(25)7-11-26-4/h15,23H,5-14H2,1-4H3,(H,20,24)/t15-,19-/m1/s1. The van der Waals surface area contributed by atoms with Gasteiger partial charge >= 0.3 is 0 Å². The zero-order valence-corrected chi connectivity index (χ0v) is 17.5. The second kappa shape index (κ2) is 8.93. The van der Waals surface area contributed by atoms with Crippen LogP contribution in [-0.4, -0.2) is 83.1 Å². The van der Waals surface area contributed by atoms with Crippen LogP contribution in [0.3, 0.4) is 0 Å². The van der Waals surface area contributed by atoms with E-state index in [9.17, 15) is 14.7 Å². The smallest absolute Gasteiger partial charge is 0.234 e. The van der Waals surface area contributed by atoms with Gasteiger partial charge in [0.1, 0.15) is 0 Å². The Kier molecular flexibility index (Phi) is 7.39. The predicted octanol–water partition coefficient (Wildman–Crippen LogP) is 1.33. The summed E-state index contributed by atoms with van der Waals surface area (Å²) in [6, 6.07) is 0. The molecular weight excluding hydrogens is 350 g/mol. The first-order valence-electron chi connectivity index (χ1n) is 9.63. The van der Waals surface area contributed by atoms with Crippen LogP contribution in [-0.2, 0) is 9.59 Å². The third-order valence-electron chi connectivity index (χ3n) is 5.33. The monoisotopic (exact) mass is 385 g/mol. The average molecular weight is 386 g/mol. The first kappa shape index (κ1) is 21.5. The van der Waals surface area contributed by atoms with Gasteiger partial charge in [0, 0.05) is 49.3 Å². The molecule has 2 fully saturated rings. The minimum Gasteiger partial charge on any atom is -0.392 e. The Hall–Kier alpha value is -0.790. The topological polar surface area (TPSA) is 72.9 Å². The second-order valence-electron chi connectivity index (χ2n) is 8.84. The molecule has 2 saturated heterocycles. The van der Waals surface area contributed by atoms with Gasteiger partial charge in [-0.2, -0.15) is 11.8 Å². The summed E-state index contributed by atoms with van der Waals surface area (Å²) in [5.74, 6) is 1.05. The van der Waals surface area contributed by atoms with E-state index in [4.69, 9.17) is 0 Å². The molecule has 6 nitrogen and oxygen atoms in total. The maximum absolute atomic E-state index is 12.5. The van der Waals surface area contributed by atoms with E-state index in [1.165, 1.54) is 0 Å². The molecule has 0 aliphatic carbocycles. The van der Waals surface area contributed by atoms with Crippen LogP contribution in [0.4, 0.5) is 0 Å². The molecule has 0 radical (unpaired) electrons. The summed E-state index contributed by atoms with van der Waals surface area (Å²) in [4.78, 5) is 28.8. The van der Waals surface area contributed by atoms with E-state index in [1.807, 2.05) is 31.9 Å². The van der Waals surface area contributed by atoms with E-state index in [0.29, 0.717) is 32.5 Å². The quantitative estimate of drug-likeness (QED) is 0.747. The lowest BCUT2D eigenvalue weighted by Gasteiger charge is -2.51. The number of piperidine rings is 2. The first-order valence-corrected chi connectivity index (χ1v) is 11.0. The molecule has 0 saturated carbocycles. The van der Waals surface area contributed by atoms with Gasteiger partial charge in [0.05, 0.1) is 12.6 Å². The van der Waals surface area contributed by atoms with Crippen LogP contribution in [0, 0.1) is 5.41 Å². The number of thioether (sulfide) groups is 1. The molecule has 0 bridgehead atoms. The molecule has 0 unspecified atom stereocenters. The molecule has 1 spiro atoms. The lowest BCUT2D eigenvalue weighted by molar-refractivity contribution is -0.142. The number of likely N-dealkylation sites (tertiary alicyclic amines) is 2. The average Bonchev–Trinajstić information content (AvgIpc) is 2.54. The third kappa shape index (κ3) is 5.86. The summed E-state index contributed by atoms with van der Waals surface area (Å²) in [6.45, 7) is 9.08. The van der Waals surface area contributed by atoms with Gasteiger partial charge < -0.3 is 15.3 Å². The van der Waals surface area contributed by atoms with Crippen molar-refractivity contribution in [2.75, 3.05) is 44.7 Å². The highest BCUT2D eigenvalue weighted by Crippen LogP contribution is 2.39. The van der Waals surface area contributed by atoms with Crippen molar-refractivity contribution < 1.29 is 14.7 Å². The van der Waals surface area contributed by atoms with E-state index in [0.717, 1.165) is 31.7 Å². The number of carbonyl (C=O) groups is 2. The Labute approximate surface area is 162 Å². The normalized spacial score (nSPS) is 27.6. The maximum atomic E-state index is 12.5. The van der Waals surface area contributed by atoms with E-state index in [2.05, 4.69) is 10.2 Å². The van der Waals surface area contributed by atoms with Gasteiger partial charge in [-0.05, 0) is 46.3 Å². The first-order chi connectivity index (χ1) is 12.1. The van der Waals surface area contributed by atoms with Crippen molar-refractivity contribution in [1.82, 2.24) is 15.1 Å². The Balaban J connectivity index is 1.99. The van der Waals surface area contributed by atoms with Crippen molar-refractivity contribution in [3.8, 4) is 0 Å². The van der Waals surface area contributed by atoms with Crippen LogP contribution in [0.5, 0.6) is 0 Å². The number of carbonyl (C=O) groups excluding carboxylic acids is 2. The van der Waals surface area contributed by atoms with Gasteiger partial charge in [-0.3, -0.25) is 14.5 Å². The summed E-state index contributed by atoms with van der Waals surface area (Å²) in [6.07, 6.45) is 4.67. The summed E-state index contributed by atoms with van der Waals surface area (Å²) >= 11 is 1.68. The van der Waals surface area contributed by atoms with E-state index >= 15 is 0 Å². The zero-order valence-electron chi connectivity index (χ0n) is 16.7. The molecule has 2 aliphatic heterocycles. The fourth-order valence-corrected chi connectivity index (χ4v) is 4.54. The zero-order chi connectivity index (χ0) is 19.4. The van der Waals surface area contributed by atoms with Gasteiger partial charge in [0.15, 0.2) is 0 Å². The summed E-state index contributed by atoms with van der Waals surface area (Å²) < 4.78 is 0. The number of aliphatic hydroxyl groups excluding tert-OH is 1. The van der Waals surface area contributed by atoms with E-state index in [1.54, 1.807) is 11.8 Å². The predicted molar refractivity (Wildman–Crippen MR) is 106 cm³/mol. The lowest BCUT2D eigenvalue weighted by Crippen LogP contribution is -2.61. The second-order valence-corrected chi connectivity index (χ2v) is 9.82. The Morgan fingerprint density at radius 3 is 2.65 bits per heavy atom. The van der Waals surface area contributed by atoms with Crippen molar-refractivity contribution >= 4 is 23.6 Å². The summed E-state index contributed by atoms with van der Waals surface area (Å²) in [5.41, 5.74) is -0.539. The number of rotatable bonds is 5. The number of aliphatic hydroxyl groups is 1. The molecule has 2 aliphatic rings. The van der Waals surface area contributed by atoms with Crippen LogP contribution < -0.4 is 5.32 Å². The molecule has 26 heavy (non-hydrogen) atoms. The van der Waals surface area contributed by atoms with Gasteiger partial charge in [-0.15, -0.1) is 0 Å². The van der Waals surface area contributed by atoms with E-state index in [-0.39, 0.29) is 22.8 Å². The molecule has 0 aromatic heterocycles. The molecule has 0 aromatic carbocycles. The van der Waals surface area contributed by atoms with Gasteiger partial charge in [0.2, 0.25) is 11.8 Å². The van der Waals surface area contributed by atoms with Crippen molar-refractivity contribution in [1.29, 1.82) is 0 Å². The van der Waals surface area contributed by atoms with Gasteiger partial charge in [0.25, 0.3) is 0 Å². The van der Waals surface area contributed by atoms with Crippen molar-refractivity contribution in [2.24, 2.45) is 5.41 Å². The maximum Gasteiger partial charge on any atom is 0.234 e. The fraction of sp³-hybridized carbons (Fsp3) is 0.895. The largest absolute Gasteiger partial charge is 0.392 e. The van der Waals surface area contributed by atoms with Gasteiger partial charge in [-0.1, -0.05) is 0 Å². The number of hydrogen-bond acceptors (Lipinski definition) is 5. The minimum atomic E-state index is -0.402. The summed E-state index contributed by atoms with van der Waals surface area (Å²) in [5, 5.41) is 13.7. The number of hydrogen-bond donors (Lipinski definition) is 2. The Bertz CT molecular complexity index is 509. The van der Waals surface area contributed by atoms with Crippen molar-refractivity contribution in [2.45, 2.75) is 58.1 Å². The third-order valence-corrected chi connectivity index (χ3v) is 5.94. The van der Waals surface area contributed by atoms with Gasteiger partial charge in [-0.25, -0.2) is 0 Å². The molecular formula is C19H35N3O3S. The SMILES string of the molecule is CSCCC(=O)N1CCC[C@@]2(CN(CC(=O)NC(C)(C)C)CC[C@H]2O)C1. The van der Waals surface area contributed by atoms with Crippen molar-refractivity contribution in [3.63, 3.8) is 0 Å². The number of amides is 2. The summed E-state index contributed by atoms with van der Waals surface area (Å²) in [7, 11) is 0. The fourth-order valence-electron chi connectivity index (χ4n) is 4.16. The molecule has 2 heterocycles. The molecule has 0 aromatic rings. The van der Waals surface area contributed by atoms with Crippen LogP contribution in [0.2, 0.25) is 0 Å². The molecule has 2 amide bonds. The lowest BCUT2D eigenvalue weighted by atomic mass is 9.71. The highest BCUT2D eigenvalue weighted by Gasteiger charge is 2.46. The highest BCUT2D eigenvalue weighted by molar-refractivity contribution is 7.98. The number of nitrogens with one attached hydrogen (secondary N) is 1. The Morgan fingerprint density at radius 1 is 1.27 bits per heavy atom. The minimum absolute atomic E-state index is 0.0211. The molecule has 7 heteroatoms.